The van der Waals surface area contributed by atoms with Gasteiger partial charge in [-0.1, -0.05) is 41.6 Å². The number of nitrogens with zero attached hydrogens (tertiary/aromatic N) is 2. The predicted octanol–water partition coefficient (Wildman–Crippen LogP) is 4.45. The Bertz CT molecular complexity index is 1040. The normalized spacial score (nSPS) is 10.4. The molecule has 1 heterocycles. The SMILES string of the molecule is CC(=O)Nc1cccc(NC(=O)CSc2ccc(-c3ccc(C)cc3C)nn2)c1. The highest BCUT2D eigenvalue weighted by Gasteiger charge is 2.08. The predicted molar refractivity (Wildman–Crippen MR) is 117 cm³/mol. The van der Waals surface area contributed by atoms with E-state index in [1.54, 1.807) is 24.3 Å². The average molecular weight is 407 g/mol. The Morgan fingerprint density at radius 1 is 0.931 bits per heavy atom. The van der Waals surface area contributed by atoms with Crippen LogP contribution >= 0.6 is 11.8 Å². The molecule has 3 aromatic rings. The number of nitrogens with one attached hydrogen (secondary N) is 2. The van der Waals surface area contributed by atoms with Crippen LogP contribution in [0, 0.1) is 13.8 Å². The molecular weight excluding hydrogens is 384 g/mol. The first-order chi connectivity index (χ1) is 13.9. The smallest absolute Gasteiger partial charge is 0.234 e. The number of anilines is 2. The third kappa shape index (κ3) is 5.89. The van der Waals surface area contributed by atoms with E-state index < -0.39 is 0 Å². The lowest BCUT2D eigenvalue weighted by Crippen LogP contribution is -2.14. The molecule has 2 N–H and O–H groups in total. The zero-order valence-electron chi connectivity index (χ0n) is 16.5. The minimum Gasteiger partial charge on any atom is -0.326 e. The Kier molecular flexibility index (Phi) is 6.61. The summed E-state index contributed by atoms with van der Waals surface area (Å²) in [7, 11) is 0. The first kappa shape index (κ1) is 20.5. The topological polar surface area (TPSA) is 84.0 Å². The molecule has 3 rings (SSSR count). The van der Waals surface area contributed by atoms with E-state index in [1.165, 1.54) is 24.2 Å². The van der Waals surface area contributed by atoms with Gasteiger partial charge in [0.05, 0.1) is 11.4 Å². The monoisotopic (exact) mass is 406 g/mol. The summed E-state index contributed by atoms with van der Waals surface area (Å²) in [5.74, 6) is -0.107. The number of aryl methyl sites for hydroxylation is 2. The Morgan fingerprint density at radius 2 is 1.69 bits per heavy atom. The van der Waals surface area contributed by atoms with Crippen molar-refractivity contribution in [3.63, 3.8) is 0 Å². The lowest BCUT2D eigenvalue weighted by molar-refractivity contribution is -0.114. The van der Waals surface area contributed by atoms with Gasteiger partial charge < -0.3 is 10.6 Å². The summed E-state index contributed by atoms with van der Waals surface area (Å²) >= 11 is 1.32. The van der Waals surface area contributed by atoms with Crippen molar-refractivity contribution in [3.8, 4) is 11.3 Å². The molecule has 0 bridgehead atoms. The van der Waals surface area contributed by atoms with Crippen molar-refractivity contribution in [1.29, 1.82) is 0 Å². The quantitative estimate of drug-likeness (QED) is 0.591. The largest absolute Gasteiger partial charge is 0.326 e. The summed E-state index contributed by atoms with van der Waals surface area (Å²) in [5, 5.41) is 14.7. The van der Waals surface area contributed by atoms with E-state index in [4.69, 9.17) is 0 Å². The van der Waals surface area contributed by atoms with Gasteiger partial charge in [-0.3, -0.25) is 9.59 Å². The van der Waals surface area contributed by atoms with Gasteiger partial charge in [0.1, 0.15) is 5.03 Å². The van der Waals surface area contributed by atoms with Gasteiger partial charge in [-0.15, -0.1) is 10.2 Å². The van der Waals surface area contributed by atoms with E-state index >= 15 is 0 Å². The maximum absolute atomic E-state index is 12.2. The molecule has 0 aliphatic heterocycles. The summed E-state index contributed by atoms with van der Waals surface area (Å²) in [5.41, 5.74) is 5.48. The van der Waals surface area contributed by atoms with Crippen LogP contribution in [0.1, 0.15) is 18.1 Å². The van der Waals surface area contributed by atoms with Crippen molar-refractivity contribution >= 4 is 35.0 Å². The van der Waals surface area contributed by atoms with Crippen LogP contribution in [0.3, 0.4) is 0 Å². The van der Waals surface area contributed by atoms with Crippen LogP contribution in [-0.2, 0) is 9.59 Å². The number of benzene rings is 2. The summed E-state index contributed by atoms with van der Waals surface area (Å²) in [6.45, 7) is 5.55. The molecular formula is C22H22N4O2S. The summed E-state index contributed by atoms with van der Waals surface area (Å²) < 4.78 is 0. The highest BCUT2D eigenvalue weighted by Crippen LogP contribution is 2.24. The second-order valence-corrected chi connectivity index (χ2v) is 7.67. The van der Waals surface area contributed by atoms with Crippen LogP contribution < -0.4 is 10.6 Å². The molecule has 0 unspecified atom stereocenters. The maximum Gasteiger partial charge on any atom is 0.234 e. The van der Waals surface area contributed by atoms with Gasteiger partial charge in [-0.2, -0.15) is 0 Å². The molecule has 2 amide bonds. The average Bonchev–Trinajstić information content (AvgIpc) is 2.67. The number of amides is 2. The Labute approximate surface area is 174 Å². The van der Waals surface area contributed by atoms with Crippen molar-refractivity contribution in [1.82, 2.24) is 10.2 Å². The molecule has 0 radical (unpaired) electrons. The lowest BCUT2D eigenvalue weighted by Gasteiger charge is -2.08. The fraction of sp³-hybridized carbons (Fsp3) is 0.182. The number of carbonyl (C=O) groups excluding carboxylic acids is 2. The van der Waals surface area contributed by atoms with Gasteiger partial charge in [0.2, 0.25) is 11.8 Å². The van der Waals surface area contributed by atoms with Crippen molar-refractivity contribution in [2.75, 3.05) is 16.4 Å². The molecule has 0 atom stereocenters. The van der Waals surface area contributed by atoms with Crippen LogP contribution in [0.15, 0.2) is 59.6 Å². The molecule has 148 valence electrons. The summed E-state index contributed by atoms with van der Waals surface area (Å²) in [4.78, 5) is 23.4. The van der Waals surface area contributed by atoms with Gasteiger partial charge in [0.25, 0.3) is 0 Å². The molecule has 0 fully saturated rings. The first-order valence-electron chi connectivity index (χ1n) is 9.12. The molecule has 0 saturated carbocycles. The Balaban J connectivity index is 1.57. The van der Waals surface area contributed by atoms with Gasteiger partial charge in [0.15, 0.2) is 0 Å². The first-order valence-corrected chi connectivity index (χ1v) is 10.1. The second-order valence-electron chi connectivity index (χ2n) is 6.67. The van der Waals surface area contributed by atoms with E-state index in [-0.39, 0.29) is 17.6 Å². The summed E-state index contributed by atoms with van der Waals surface area (Å²) in [6.07, 6.45) is 0. The molecule has 0 aliphatic carbocycles. The third-order valence-electron chi connectivity index (χ3n) is 4.12. The van der Waals surface area contributed by atoms with Crippen LogP contribution in [0.25, 0.3) is 11.3 Å². The van der Waals surface area contributed by atoms with Crippen LogP contribution in [0.4, 0.5) is 11.4 Å². The molecule has 29 heavy (non-hydrogen) atoms. The van der Waals surface area contributed by atoms with Crippen molar-refractivity contribution in [2.24, 2.45) is 0 Å². The zero-order chi connectivity index (χ0) is 20.8. The van der Waals surface area contributed by atoms with E-state index in [0.29, 0.717) is 16.4 Å². The molecule has 0 saturated heterocycles. The van der Waals surface area contributed by atoms with E-state index in [1.807, 2.05) is 18.2 Å². The minimum atomic E-state index is -0.160. The fourth-order valence-electron chi connectivity index (χ4n) is 2.86. The number of aromatic nitrogens is 2. The van der Waals surface area contributed by atoms with Gasteiger partial charge in [-0.05, 0) is 49.7 Å². The van der Waals surface area contributed by atoms with Crippen molar-refractivity contribution in [2.45, 2.75) is 25.8 Å². The number of carbonyl (C=O) groups is 2. The molecule has 1 aromatic heterocycles. The molecule has 0 spiro atoms. The Morgan fingerprint density at radius 3 is 2.34 bits per heavy atom. The maximum atomic E-state index is 12.2. The number of thioether (sulfide) groups is 1. The van der Waals surface area contributed by atoms with Crippen molar-refractivity contribution in [3.05, 3.63) is 65.7 Å². The van der Waals surface area contributed by atoms with Crippen LogP contribution in [0.5, 0.6) is 0 Å². The molecule has 0 aliphatic rings. The van der Waals surface area contributed by atoms with Gasteiger partial charge in [0, 0.05) is 23.9 Å². The third-order valence-corrected chi connectivity index (χ3v) is 5.04. The number of hydrogen-bond donors (Lipinski definition) is 2. The van der Waals surface area contributed by atoms with Gasteiger partial charge in [-0.25, -0.2) is 0 Å². The highest BCUT2D eigenvalue weighted by atomic mass is 32.2. The van der Waals surface area contributed by atoms with E-state index in [0.717, 1.165) is 16.8 Å². The van der Waals surface area contributed by atoms with Crippen LogP contribution in [-0.4, -0.2) is 27.8 Å². The molecule has 2 aromatic carbocycles. The number of rotatable bonds is 6. The fourth-order valence-corrected chi connectivity index (χ4v) is 3.47. The lowest BCUT2D eigenvalue weighted by atomic mass is 10.0. The minimum absolute atomic E-state index is 0.157. The standard InChI is InChI=1S/C22H22N4O2S/c1-14-7-8-19(15(2)11-14)20-9-10-22(26-25-20)29-13-21(28)24-18-6-4-5-17(12-18)23-16(3)27/h4-12H,13H2,1-3H3,(H,23,27)(H,24,28). The molecule has 7 heteroatoms. The van der Waals surface area contributed by atoms with E-state index in [9.17, 15) is 9.59 Å². The second kappa shape index (κ2) is 9.34. The van der Waals surface area contributed by atoms with Crippen LogP contribution in [0.2, 0.25) is 0 Å². The van der Waals surface area contributed by atoms with Gasteiger partial charge >= 0.3 is 0 Å². The van der Waals surface area contributed by atoms with Crippen molar-refractivity contribution < 1.29 is 9.59 Å². The number of hydrogen-bond acceptors (Lipinski definition) is 5. The zero-order valence-corrected chi connectivity index (χ0v) is 17.3. The summed E-state index contributed by atoms with van der Waals surface area (Å²) in [6, 6.07) is 17.0. The highest BCUT2D eigenvalue weighted by molar-refractivity contribution is 7.99. The van der Waals surface area contributed by atoms with E-state index in [2.05, 4.69) is 46.8 Å². The Hall–Kier alpha value is -3.19. The molecule has 6 nitrogen and oxygen atoms in total.